The third kappa shape index (κ3) is 3.31. The second-order valence-electron chi connectivity index (χ2n) is 6.30. The normalized spacial score (nSPS) is 14.8. The van der Waals surface area contributed by atoms with Crippen molar-refractivity contribution in [1.82, 2.24) is 5.32 Å². The largest absolute Gasteiger partial charge is 0.466 e. The third-order valence-electron chi connectivity index (χ3n) is 4.62. The molecule has 0 aliphatic carbocycles. The number of hydrogen-bond acceptors (Lipinski definition) is 6. The fourth-order valence-electron chi connectivity index (χ4n) is 3.35. The molecule has 0 radical (unpaired) electrons. The summed E-state index contributed by atoms with van der Waals surface area (Å²) in [5.41, 5.74) is 1.80. The summed E-state index contributed by atoms with van der Waals surface area (Å²) in [7, 11) is 2.52. The summed E-state index contributed by atoms with van der Waals surface area (Å²) in [4.78, 5) is 24.9. The van der Waals surface area contributed by atoms with E-state index in [2.05, 4.69) is 5.32 Å². The minimum absolute atomic E-state index is 0.225. The van der Waals surface area contributed by atoms with Crippen LogP contribution in [0.3, 0.4) is 0 Å². The quantitative estimate of drug-likeness (QED) is 0.810. The Morgan fingerprint density at radius 3 is 2.07 bits per heavy atom. The van der Waals surface area contributed by atoms with Gasteiger partial charge in [-0.15, -0.1) is 0 Å². The maximum atomic E-state index is 14.1. The molecule has 7 heteroatoms. The number of dihydropyridines is 1. The predicted molar refractivity (Wildman–Crippen MR) is 99.4 cm³/mol. The summed E-state index contributed by atoms with van der Waals surface area (Å²) < 4.78 is 29.8. The zero-order chi connectivity index (χ0) is 20.4. The zero-order valence-corrected chi connectivity index (χ0v) is 16.0. The topological polar surface area (TPSA) is 77.8 Å². The number of methoxy groups -OCH3 is 2. The molecule has 0 amide bonds. The van der Waals surface area contributed by atoms with Crippen molar-refractivity contribution >= 4 is 11.9 Å². The van der Waals surface area contributed by atoms with E-state index in [1.54, 1.807) is 44.2 Å². The highest BCUT2D eigenvalue weighted by Gasteiger charge is 2.39. The first-order valence-electron chi connectivity index (χ1n) is 8.58. The van der Waals surface area contributed by atoms with Gasteiger partial charge in [-0.2, -0.15) is 0 Å². The van der Waals surface area contributed by atoms with Crippen molar-refractivity contribution in [2.75, 3.05) is 14.2 Å². The standard InChI is InChI=1S/C21H20FNO5/c1-11-17(20(24)26-3)19(18(12(2)23-11)21(25)27-4)16-10-9-15(28-16)13-7-5-6-8-14(13)22/h5-10,19,23H,1-4H3. The Balaban J connectivity index is 2.16. The molecule has 3 rings (SSSR count). The predicted octanol–water partition coefficient (Wildman–Crippen LogP) is 3.67. The number of esters is 2. The van der Waals surface area contributed by atoms with Gasteiger partial charge < -0.3 is 19.2 Å². The van der Waals surface area contributed by atoms with Crippen LogP contribution in [-0.2, 0) is 19.1 Å². The zero-order valence-electron chi connectivity index (χ0n) is 16.0. The molecule has 6 nitrogen and oxygen atoms in total. The van der Waals surface area contributed by atoms with E-state index < -0.39 is 23.7 Å². The Hall–Kier alpha value is -3.35. The number of nitrogens with one attached hydrogen (secondary N) is 1. The lowest BCUT2D eigenvalue weighted by atomic mass is 9.83. The fraction of sp³-hybridized carbons (Fsp3) is 0.238. The second kappa shape index (κ2) is 7.72. The summed E-state index contributed by atoms with van der Waals surface area (Å²) in [5, 5.41) is 3.01. The molecule has 146 valence electrons. The van der Waals surface area contributed by atoms with Gasteiger partial charge in [-0.3, -0.25) is 0 Å². The van der Waals surface area contributed by atoms with E-state index in [0.717, 1.165) is 0 Å². The van der Waals surface area contributed by atoms with E-state index in [1.807, 2.05) is 0 Å². The monoisotopic (exact) mass is 385 g/mol. The average Bonchev–Trinajstić information content (AvgIpc) is 3.16. The van der Waals surface area contributed by atoms with Crippen molar-refractivity contribution in [3.63, 3.8) is 0 Å². The van der Waals surface area contributed by atoms with Crippen LogP contribution in [0.25, 0.3) is 11.3 Å². The Morgan fingerprint density at radius 2 is 1.54 bits per heavy atom. The van der Waals surface area contributed by atoms with Crippen LogP contribution in [0.15, 0.2) is 63.4 Å². The fourth-order valence-corrected chi connectivity index (χ4v) is 3.35. The first-order valence-corrected chi connectivity index (χ1v) is 8.58. The van der Waals surface area contributed by atoms with Gasteiger partial charge in [-0.1, -0.05) is 12.1 Å². The Morgan fingerprint density at radius 1 is 0.964 bits per heavy atom. The van der Waals surface area contributed by atoms with E-state index in [1.165, 1.54) is 20.3 Å². The van der Waals surface area contributed by atoms with E-state index in [0.29, 0.717) is 17.2 Å². The first kappa shape index (κ1) is 19.4. The van der Waals surface area contributed by atoms with Crippen molar-refractivity contribution in [1.29, 1.82) is 0 Å². The second-order valence-corrected chi connectivity index (χ2v) is 6.30. The van der Waals surface area contributed by atoms with Crippen molar-refractivity contribution in [2.45, 2.75) is 19.8 Å². The highest BCUT2D eigenvalue weighted by atomic mass is 19.1. The third-order valence-corrected chi connectivity index (χ3v) is 4.62. The lowest BCUT2D eigenvalue weighted by molar-refractivity contribution is -0.137. The molecule has 1 N–H and O–H groups in total. The van der Waals surface area contributed by atoms with Gasteiger partial charge in [-0.25, -0.2) is 14.0 Å². The molecular formula is C21H20FNO5. The molecule has 1 aliphatic rings. The minimum Gasteiger partial charge on any atom is -0.466 e. The summed E-state index contributed by atoms with van der Waals surface area (Å²) in [6, 6.07) is 9.41. The van der Waals surface area contributed by atoms with E-state index in [4.69, 9.17) is 13.9 Å². The number of benzene rings is 1. The maximum absolute atomic E-state index is 14.1. The number of rotatable bonds is 4. The smallest absolute Gasteiger partial charge is 0.336 e. The molecule has 0 saturated carbocycles. The molecule has 0 unspecified atom stereocenters. The molecule has 1 aromatic heterocycles. The molecule has 0 fully saturated rings. The summed E-state index contributed by atoms with van der Waals surface area (Å²) in [6.45, 7) is 3.41. The lowest BCUT2D eigenvalue weighted by Gasteiger charge is -2.28. The van der Waals surface area contributed by atoms with Gasteiger partial charge in [0.15, 0.2) is 0 Å². The summed E-state index contributed by atoms with van der Waals surface area (Å²) in [5.74, 6) is -1.90. The Labute approximate surface area is 161 Å². The van der Waals surface area contributed by atoms with E-state index in [-0.39, 0.29) is 22.5 Å². The van der Waals surface area contributed by atoms with Crippen LogP contribution >= 0.6 is 0 Å². The van der Waals surface area contributed by atoms with Gasteiger partial charge in [-0.05, 0) is 38.1 Å². The van der Waals surface area contributed by atoms with Crippen LogP contribution in [0.1, 0.15) is 25.5 Å². The molecule has 1 aliphatic heterocycles. The molecule has 0 saturated heterocycles. The molecule has 28 heavy (non-hydrogen) atoms. The van der Waals surface area contributed by atoms with Crippen molar-refractivity contribution in [3.8, 4) is 11.3 Å². The number of carbonyl (C=O) groups is 2. The van der Waals surface area contributed by atoms with Gasteiger partial charge in [0.1, 0.15) is 17.3 Å². The van der Waals surface area contributed by atoms with Crippen LogP contribution in [0.4, 0.5) is 4.39 Å². The van der Waals surface area contributed by atoms with E-state index >= 15 is 0 Å². The van der Waals surface area contributed by atoms with Gasteiger partial charge in [0.2, 0.25) is 0 Å². The van der Waals surface area contributed by atoms with Gasteiger partial charge >= 0.3 is 11.9 Å². The van der Waals surface area contributed by atoms with Crippen LogP contribution in [0.5, 0.6) is 0 Å². The highest BCUT2D eigenvalue weighted by molar-refractivity contribution is 5.99. The Kier molecular flexibility index (Phi) is 5.35. The van der Waals surface area contributed by atoms with Crippen molar-refractivity contribution in [2.24, 2.45) is 0 Å². The molecule has 0 bridgehead atoms. The van der Waals surface area contributed by atoms with Gasteiger partial charge in [0.05, 0.1) is 36.8 Å². The molecule has 1 aromatic carbocycles. The molecule has 0 spiro atoms. The van der Waals surface area contributed by atoms with Crippen LogP contribution < -0.4 is 5.32 Å². The minimum atomic E-state index is -0.846. The number of allylic oxidation sites excluding steroid dienone is 2. The highest BCUT2D eigenvalue weighted by Crippen LogP contribution is 2.41. The number of furan rings is 1. The van der Waals surface area contributed by atoms with Crippen molar-refractivity contribution < 1.29 is 27.9 Å². The number of ether oxygens (including phenoxy) is 2. The van der Waals surface area contributed by atoms with Crippen LogP contribution in [0.2, 0.25) is 0 Å². The SMILES string of the molecule is COC(=O)C1=C(C)NC(C)=C(C(=O)OC)C1c1ccc(-c2ccccc2F)o1. The maximum Gasteiger partial charge on any atom is 0.336 e. The number of carbonyl (C=O) groups excluding carboxylic acids is 2. The molecule has 2 aromatic rings. The van der Waals surface area contributed by atoms with Crippen LogP contribution in [-0.4, -0.2) is 26.2 Å². The summed E-state index contributed by atoms with van der Waals surface area (Å²) in [6.07, 6.45) is 0. The number of hydrogen-bond donors (Lipinski definition) is 1. The van der Waals surface area contributed by atoms with Gasteiger partial charge in [0, 0.05) is 11.4 Å². The van der Waals surface area contributed by atoms with Gasteiger partial charge in [0.25, 0.3) is 0 Å². The van der Waals surface area contributed by atoms with Crippen molar-refractivity contribution in [3.05, 3.63) is 70.5 Å². The van der Waals surface area contributed by atoms with E-state index in [9.17, 15) is 14.0 Å². The number of halogens is 1. The molecule has 0 atom stereocenters. The average molecular weight is 385 g/mol. The Bertz CT molecular complexity index is 964. The first-order chi connectivity index (χ1) is 13.4. The van der Waals surface area contributed by atoms with Crippen LogP contribution in [0, 0.1) is 5.82 Å². The molecule has 2 heterocycles. The summed E-state index contributed by atoms with van der Waals surface area (Å²) >= 11 is 0. The molecular weight excluding hydrogens is 365 g/mol. The lowest BCUT2D eigenvalue weighted by Crippen LogP contribution is -2.31.